The minimum Gasteiger partial charge on any atom is -0.371 e. The van der Waals surface area contributed by atoms with Crippen LogP contribution in [0.1, 0.15) is 58.6 Å². The van der Waals surface area contributed by atoms with Crippen LogP contribution in [0.3, 0.4) is 0 Å². The van der Waals surface area contributed by atoms with Gasteiger partial charge in [-0.3, -0.25) is 9.59 Å². The summed E-state index contributed by atoms with van der Waals surface area (Å²) in [4.78, 5) is 32.6. The van der Waals surface area contributed by atoms with Crippen molar-refractivity contribution in [3.8, 4) is 0 Å². The molecule has 2 heterocycles. The predicted octanol–water partition coefficient (Wildman–Crippen LogP) is 7.19. The van der Waals surface area contributed by atoms with E-state index in [0.717, 1.165) is 30.3 Å². The third-order valence-corrected chi connectivity index (χ3v) is 10.2. The van der Waals surface area contributed by atoms with Gasteiger partial charge < -0.3 is 20.4 Å². The number of hydrogen-bond acceptors (Lipinski definition) is 4. The molecule has 2 atom stereocenters. The van der Waals surface area contributed by atoms with E-state index in [-0.39, 0.29) is 23.8 Å². The van der Waals surface area contributed by atoms with Crippen molar-refractivity contribution in [3.63, 3.8) is 0 Å². The van der Waals surface area contributed by atoms with Gasteiger partial charge in [0.15, 0.2) is 0 Å². The van der Waals surface area contributed by atoms with Gasteiger partial charge in [0.05, 0.1) is 6.04 Å². The molecule has 2 aliphatic rings. The van der Waals surface area contributed by atoms with Crippen LogP contribution in [-0.4, -0.2) is 61.5 Å². The number of hydrogen-bond donors (Lipinski definition) is 2. The lowest BCUT2D eigenvalue weighted by Crippen LogP contribution is -2.50. The molecule has 6 nitrogen and oxygen atoms in total. The van der Waals surface area contributed by atoms with Crippen LogP contribution in [0.5, 0.6) is 0 Å². The highest BCUT2D eigenvalue weighted by atomic mass is 16.2. The van der Waals surface area contributed by atoms with Crippen molar-refractivity contribution in [1.29, 1.82) is 0 Å². The fraction of sp³-hybridized carbons (Fsp3) is 0.302. The van der Waals surface area contributed by atoms with Gasteiger partial charge in [0, 0.05) is 55.9 Å². The first-order valence-electron chi connectivity index (χ1n) is 17.9. The molecule has 250 valence electrons. The lowest BCUT2D eigenvalue weighted by Gasteiger charge is -2.32. The summed E-state index contributed by atoms with van der Waals surface area (Å²) in [6, 6.07) is 43.1. The maximum absolute atomic E-state index is 14.6. The number of nitrogens with one attached hydrogen (secondary N) is 2. The second kappa shape index (κ2) is 15.5. The third kappa shape index (κ3) is 7.87. The first kappa shape index (κ1) is 32.6. The van der Waals surface area contributed by atoms with Crippen molar-refractivity contribution >= 4 is 28.3 Å². The lowest BCUT2D eigenvalue weighted by atomic mass is 9.90. The molecular formula is C43H46N4O2. The van der Waals surface area contributed by atoms with E-state index in [4.69, 9.17) is 0 Å². The number of amides is 2. The van der Waals surface area contributed by atoms with Gasteiger partial charge in [-0.25, -0.2) is 0 Å². The number of nitrogens with zero attached hydrogens (tertiary/aromatic N) is 2. The van der Waals surface area contributed by atoms with Gasteiger partial charge >= 0.3 is 0 Å². The lowest BCUT2D eigenvalue weighted by molar-refractivity contribution is -0.132. The Morgan fingerprint density at radius 2 is 1.39 bits per heavy atom. The second-order valence-electron chi connectivity index (χ2n) is 13.5. The van der Waals surface area contributed by atoms with Crippen LogP contribution in [-0.2, 0) is 11.2 Å². The molecule has 0 unspecified atom stereocenters. The van der Waals surface area contributed by atoms with Gasteiger partial charge in [0.25, 0.3) is 5.91 Å². The third-order valence-electron chi connectivity index (χ3n) is 10.2. The molecule has 49 heavy (non-hydrogen) atoms. The van der Waals surface area contributed by atoms with Crippen LogP contribution < -0.4 is 15.5 Å². The molecule has 0 saturated carbocycles. The Balaban J connectivity index is 1.14. The minimum absolute atomic E-state index is 0.0526. The Kier molecular flexibility index (Phi) is 10.3. The molecule has 2 aliphatic heterocycles. The maximum atomic E-state index is 14.6. The number of fused-ring (bicyclic) bond motifs is 1. The zero-order valence-electron chi connectivity index (χ0n) is 28.1. The van der Waals surface area contributed by atoms with Gasteiger partial charge in [0.1, 0.15) is 0 Å². The highest BCUT2D eigenvalue weighted by Gasteiger charge is 2.34. The maximum Gasteiger partial charge on any atom is 0.251 e. The first-order chi connectivity index (χ1) is 24.1. The van der Waals surface area contributed by atoms with Gasteiger partial charge in [-0.15, -0.1) is 0 Å². The number of carbonyl (C=O) groups excluding carboxylic acids is 2. The van der Waals surface area contributed by atoms with Crippen molar-refractivity contribution in [2.75, 3.05) is 37.6 Å². The summed E-state index contributed by atoms with van der Waals surface area (Å²) in [6.07, 6.45) is 5.00. The van der Waals surface area contributed by atoms with Crippen LogP contribution in [0.4, 0.5) is 5.69 Å². The molecule has 2 fully saturated rings. The number of carbonyl (C=O) groups is 2. The first-order valence-corrected chi connectivity index (χ1v) is 17.9. The van der Waals surface area contributed by atoms with E-state index in [1.54, 1.807) is 0 Å². The summed E-state index contributed by atoms with van der Waals surface area (Å²) < 4.78 is 0. The molecular weight excluding hydrogens is 604 g/mol. The van der Waals surface area contributed by atoms with E-state index in [2.05, 4.69) is 99.3 Å². The normalized spacial score (nSPS) is 18.4. The molecule has 5 aromatic rings. The molecule has 0 spiro atoms. The number of piperidine rings is 1. The van der Waals surface area contributed by atoms with Crippen molar-refractivity contribution in [1.82, 2.24) is 15.5 Å². The number of para-hydroxylation sites is 1. The Morgan fingerprint density at radius 1 is 0.735 bits per heavy atom. The largest absolute Gasteiger partial charge is 0.371 e. The Labute approximate surface area is 290 Å². The molecule has 0 aliphatic carbocycles. The molecule has 7 rings (SSSR count). The van der Waals surface area contributed by atoms with E-state index in [1.807, 2.05) is 48.5 Å². The SMILES string of the molecule is O=C(NC[C@@H]1CCN(CC(c2ccccc2)c2ccccc2)C(=O)[C@H](Cc2ccccc2N2CCCCC2)N1)c1ccc2ccccc2c1. The topological polar surface area (TPSA) is 64.7 Å². The number of rotatable bonds is 10. The summed E-state index contributed by atoms with van der Waals surface area (Å²) in [5, 5.41) is 9.09. The van der Waals surface area contributed by atoms with Crippen molar-refractivity contribution in [2.45, 2.75) is 50.1 Å². The highest BCUT2D eigenvalue weighted by Crippen LogP contribution is 2.29. The molecule has 0 aromatic heterocycles. The van der Waals surface area contributed by atoms with Crippen molar-refractivity contribution < 1.29 is 9.59 Å². The summed E-state index contributed by atoms with van der Waals surface area (Å²) in [5.41, 5.74) is 5.47. The predicted molar refractivity (Wildman–Crippen MR) is 199 cm³/mol. The molecule has 2 saturated heterocycles. The molecule has 0 bridgehead atoms. The minimum atomic E-state index is -0.414. The average molecular weight is 651 g/mol. The Morgan fingerprint density at radius 3 is 2.12 bits per heavy atom. The van der Waals surface area contributed by atoms with Crippen molar-refractivity contribution in [3.05, 3.63) is 150 Å². The highest BCUT2D eigenvalue weighted by molar-refractivity contribution is 5.98. The fourth-order valence-electron chi connectivity index (χ4n) is 7.56. The van der Waals surface area contributed by atoms with E-state index < -0.39 is 6.04 Å². The molecule has 5 aromatic carbocycles. The molecule has 0 radical (unpaired) electrons. The zero-order chi connectivity index (χ0) is 33.4. The van der Waals surface area contributed by atoms with Gasteiger partial charge in [0.2, 0.25) is 5.91 Å². The van der Waals surface area contributed by atoms with E-state index in [1.165, 1.54) is 41.6 Å². The number of benzene rings is 5. The summed E-state index contributed by atoms with van der Waals surface area (Å²) in [5.74, 6) is 0.0747. The summed E-state index contributed by atoms with van der Waals surface area (Å²) in [7, 11) is 0. The van der Waals surface area contributed by atoms with E-state index in [0.29, 0.717) is 31.6 Å². The van der Waals surface area contributed by atoms with Crippen LogP contribution in [0, 0.1) is 0 Å². The van der Waals surface area contributed by atoms with Gasteiger partial charge in [-0.1, -0.05) is 109 Å². The van der Waals surface area contributed by atoms with E-state index >= 15 is 0 Å². The molecule has 6 heteroatoms. The zero-order valence-corrected chi connectivity index (χ0v) is 28.1. The van der Waals surface area contributed by atoms with Gasteiger partial charge in [-0.05, 0) is 77.8 Å². The number of anilines is 1. The molecule has 2 N–H and O–H groups in total. The Hall–Kier alpha value is -4.94. The van der Waals surface area contributed by atoms with Gasteiger partial charge in [-0.2, -0.15) is 0 Å². The summed E-state index contributed by atoms with van der Waals surface area (Å²) >= 11 is 0. The van der Waals surface area contributed by atoms with Crippen molar-refractivity contribution in [2.24, 2.45) is 0 Å². The monoisotopic (exact) mass is 650 g/mol. The average Bonchev–Trinajstić information content (AvgIpc) is 3.31. The molecule has 2 amide bonds. The summed E-state index contributed by atoms with van der Waals surface area (Å²) in [6.45, 7) is 3.75. The Bertz CT molecular complexity index is 1810. The standard InChI is InChI=1S/C43H46N4O2/c48-42(37-23-22-32-14-8-9-19-35(32)28-37)44-30-38-24-27-47(31-39(33-15-4-1-5-16-33)34-17-6-2-7-18-34)43(49)40(45-38)29-36-20-10-11-21-41(36)46-25-12-3-13-26-46/h1-2,4-11,14-23,28,38-40,45H,3,12-13,24-27,29-31H2,(H,44,48)/t38-,40-/m0/s1. The quantitative estimate of drug-likeness (QED) is 0.168. The fourth-order valence-corrected chi connectivity index (χ4v) is 7.56. The van der Waals surface area contributed by atoms with Crippen LogP contribution >= 0.6 is 0 Å². The van der Waals surface area contributed by atoms with Crippen LogP contribution in [0.15, 0.2) is 127 Å². The van der Waals surface area contributed by atoms with Crippen LogP contribution in [0.2, 0.25) is 0 Å². The smallest absolute Gasteiger partial charge is 0.251 e. The van der Waals surface area contributed by atoms with E-state index in [9.17, 15) is 9.59 Å². The second-order valence-corrected chi connectivity index (χ2v) is 13.5. The van der Waals surface area contributed by atoms with Crippen LogP contribution in [0.25, 0.3) is 10.8 Å².